The van der Waals surface area contributed by atoms with Gasteiger partial charge in [-0.3, -0.25) is 14.2 Å². The van der Waals surface area contributed by atoms with E-state index in [4.69, 9.17) is 0 Å². The van der Waals surface area contributed by atoms with E-state index in [1.807, 2.05) is 42.5 Å². The molecule has 7 heteroatoms. The van der Waals surface area contributed by atoms with E-state index in [1.54, 1.807) is 17.6 Å². The highest BCUT2D eigenvalue weighted by molar-refractivity contribution is 7.18. The molecule has 0 bridgehead atoms. The van der Waals surface area contributed by atoms with Crippen molar-refractivity contribution in [2.45, 2.75) is 32.2 Å². The van der Waals surface area contributed by atoms with Gasteiger partial charge in [-0.2, -0.15) is 5.10 Å². The molecular formula is C23H20N4O2S. The summed E-state index contributed by atoms with van der Waals surface area (Å²) in [5.74, 6) is -0.362. The lowest BCUT2D eigenvalue weighted by Gasteiger charge is -2.10. The van der Waals surface area contributed by atoms with E-state index in [2.05, 4.69) is 15.5 Å². The first-order valence-electron chi connectivity index (χ1n) is 10.00. The van der Waals surface area contributed by atoms with Crippen LogP contribution in [0.25, 0.3) is 21.0 Å². The number of benzene rings is 2. The Morgan fingerprint density at radius 3 is 2.93 bits per heavy atom. The van der Waals surface area contributed by atoms with Gasteiger partial charge in [-0.25, -0.2) is 10.4 Å². The van der Waals surface area contributed by atoms with Crippen molar-refractivity contribution in [1.29, 1.82) is 0 Å². The van der Waals surface area contributed by atoms with Crippen molar-refractivity contribution in [2.75, 3.05) is 0 Å². The number of rotatable bonds is 4. The fraction of sp³-hybridized carbons (Fsp3) is 0.217. The van der Waals surface area contributed by atoms with Crippen LogP contribution >= 0.6 is 11.3 Å². The van der Waals surface area contributed by atoms with Gasteiger partial charge in [0.1, 0.15) is 11.4 Å². The quantitative estimate of drug-likeness (QED) is 0.408. The van der Waals surface area contributed by atoms with Gasteiger partial charge >= 0.3 is 0 Å². The van der Waals surface area contributed by atoms with E-state index in [-0.39, 0.29) is 18.0 Å². The number of thiophene rings is 1. The fourth-order valence-electron chi connectivity index (χ4n) is 4.02. The van der Waals surface area contributed by atoms with Crippen LogP contribution in [0.4, 0.5) is 0 Å². The van der Waals surface area contributed by atoms with Gasteiger partial charge in [-0.05, 0) is 42.0 Å². The number of hydrogen-bond acceptors (Lipinski definition) is 5. The fourth-order valence-corrected chi connectivity index (χ4v) is 5.24. The van der Waals surface area contributed by atoms with Crippen molar-refractivity contribution < 1.29 is 4.79 Å². The van der Waals surface area contributed by atoms with E-state index in [0.29, 0.717) is 5.39 Å². The third-order valence-corrected chi connectivity index (χ3v) is 6.67. The second kappa shape index (κ2) is 7.84. The lowest BCUT2D eigenvalue weighted by molar-refractivity contribution is -0.121. The van der Waals surface area contributed by atoms with Crippen molar-refractivity contribution in [3.05, 3.63) is 75.1 Å². The molecule has 0 saturated carbocycles. The van der Waals surface area contributed by atoms with Crippen LogP contribution in [0.3, 0.4) is 0 Å². The summed E-state index contributed by atoms with van der Waals surface area (Å²) in [7, 11) is 0. The Balaban J connectivity index is 1.34. The number of carbonyl (C=O) groups is 1. The number of hydrazone groups is 1. The Labute approximate surface area is 176 Å². The largest absolute Gasteiger partial charge is 0.289 e. The van der Waals surface area contributed by atoms with E-state index in [0.717, 1.165) is 52.4 Å². The Morgan fingerprint density at radius 2 is 2.00 bits per heavy atom. The second-order valence-electron chi connectivity index (χ2n) is 7.43. The van der Waals surface area contributed by atoms with Crippen molar-refractivity contribution in [3.63, 3.8) is 0 Å². The van der Waals surface area contributed by atoms with Crippen LogP contribution < -0.4 is 11.0 Å². The number of nitrogens with zero attached hydrogens (tertiary/aromatic N) is 3. The minimum atomic E-state index is -0.362. The molecule has 0 aliphatic heterocycles. The predicted octanol–water partition coefficient (Wildman–Crippen LogP) is 3.64. The van der Waals surface area contributed by atoms with Gasteiger partial charge < -0.3 is 0 Å². The Morgan fingerprint density at radius 1 is 1.17 bits per heavy atom. The number of aryl methyl sites for hydroxylation is 2. The number of nitrogens with one attached hydrogen (secondary N) is 1. The van der Waals surface area contributed by atoms with Gasteiger partial charge in [0.15, 0.2) is 0 Å². The van der Waals surface area contributed by atoms with Crippen LogP contribution in [0.5, 0.6) is 0 Å². The zero-order chi connectivity index (χ0) is 20.5. The van der Waals surface area contributed by atoms with Crippen LogP contribution in [0, 0.1) is 0 Å². The number of fused-ring (bicyclic) bond motifs is 4. The first-order valence-corrected chi connectivity index (χ1v) is 10.8. The molecule has 0 radical (unpaired) electrons. The maximum absolute atomic E-state index is 12.9. The van der Waals surface area contributed by atoms with Gasteiger partial charge in [0.25, 0.3) is 11.5 Å². The first-order chi connectivity index (χ1) is 14.7. The van der Waals surface area contributed by atoms with E-state index < -0.39 is 0 Å². The summed E-state index contributed by atoms with van der Waals surface area (Å²) in [6, 6.07) is 13.9. The molecule has 5 rings (SSSR count). The maximum Gasteiger partial charge on any atom is 0.262 e. The molecular weight excluding hydrogens is 396 g/mol. The highest BCUT2D eigenvalue weighted by Gasteiger charge is 2.20. The van der Waals surface area contributed by atoms with Gasteiger partial charge in [-0.15, -0.1) is 11.3 Å². The van der Waals surface area contributed by atoms with E-state index in [9.17, 15) is 9.59 Å². The predicted molar refractivity (Wildman–Crippen MR) is 120 cm³/mol. The Kier molecular flexibility index (Phi) is 4.88. The molecule has 1 amide bonds. The molecule has 30 heavy (non-hydrogen) atoms. The van der Waals surface area contributed by atoms with Crippen LogP contribution in [0.1, 0.15) is 28.8 Å². The summed E-state index contributed by atoms with van der Waals surface area (Å²) in [4.78, 5) is 31.8. The number of amides is 1. The molecule has 1 N–H and O–H groups in total. The van der Waals surface area contributed by atoms with Crippen LogP contribution in [-0.2, 0) is 24.2 Å². The van der Waals surface area contributed by atoms with E-state index >= 15 is 0 Å². The average Bonchev–Trinajstić information content (AvgIpc) is 3.15. The molecule has 0 unspecified atom stereocenters. The monoisotopic (exact) mass is 416 g/mol. The molecule has 2 aromatic heterocycles. The molecule has 6 nitrogen and oxygen atoms in total. The van der Waals surface area contributed by atoms with Gasteiger partial charge in [0, 0.05) is 10.4 Å². The summed E-state index contributed by atoms with van der Waals surface area (Å²) in [6.45, 7) is -0.112. The standard InChI is InChI=1S/C23H20N4O2S/c28-20(26-25-12-16-8-5-7-15-6-1-2-9-17(15)16)13-27-14-24-22-21(23(27)29)18-10-3-4-11-19(18)30-22/h1-2,5-9,12,14H,3-4,10-11,13H2,(H,26,28)/b25-12+. The number of carbonyl (C=O) groups excluding carboxylic acids is 1. The highest BCUT2D eigenvalue weighted by atomic mass is 32.1. The lowest BCUT2D eigenvalue weighted by Crippen LogP contribution is -2.30. The zero-order valence-electron chi connectivity index (χ0n) is 16.3. The average molecular weight is 417 g/mol. The molecule has 0 atom stereocenters. The van der Waals surface area contributed by atoms with Crippen LogP contribution in [0.2, 0.25) is 0 Å². The van der Waals surface area contributed by atoms with Crippen molar-refractivity contribution in [2.24, 2.45) is 5.10 Å². The summed E-state index contributed by atoms with van der Waals surface area (Å²) in [5, 5.41) is 6.94. The molecule has 0 saturated heterocycles. The first kappa shape index (κ1) is 18.7. The minimum absolute atomic E-state index is 0.112. The normalized spacial score (nSPS) is 13.7. The van der Waals surface area contributed by atoms with Gasteiger partial charge in [0.2, 0.25) is 0 Å². The van der Waals surface area contributed by atoms with Crippen LogP contribution in [-0.4, -0.2) is 21.7 Å². The third-order valence-electron chi connectivity index (χ3n) is 5.47. The van der Waals surface area contributed by atoms with Gasteiger partial charge in [0.05, 0.1) is 17.9 Å². The lowest BCUT2D eigenvalue weighted by atomic mass is 9.97. The van der Waals surface area contributed by atoms with E-state index in [1.165, 1.54) is 15.8 Å². The topological polar surface area (TPSA) is 76.3 Å². The third kappa shape index (κ3) is 3.41. The Hall–Kier alpha value is -3.32. The molecule has 1 aliphatic carbocycles. The summed E-state index contributed by atoms with van der Waals surface area (Å²) < 4.78 is 1.37. The highest BCUT2D eigenvalue weighted by Crippen LogP contribution is 2.33. The molecule has 0 spiro atoms. The summed E-state index contributed by atoms with van der Waals surface area (Å²) >= 11 is 1.61. The number of hydrogen-bond donors (Lipinski definition) is 1. The molecule has 2 heterocycles. The zero-order valence-corrected chi connectivity index (χ0v) is 17.1. The van der Waals surface area contributed by atoms with Crippen molar-refractivity contribution in [1.82, 2.24) is 15.0 Å². The summed E-state index contributed by atoms with van der Waals surface area (Å²) in [5.41, 5.74) is 4.42. The van der Waals surface area contributed by atoms with Crippen LogP contribution in [0.15, 0.2) is 58.7 Å². The second-order valence-corrected chi connectivity index (χ2v) is 8.51. The maximum atomic E-state index is 12.9. The smallest absolute Gasteiger partial charge is 0.262 e. The molecule has 150 valence electrons. The molecule has 0 fully saturated rings. The Bertz CT molecular complexity index is 1350. The SMILES string of the molecule is O=C(Cn1cnc2sc3c(c2c1=O)CCCC3)N/N=C/c1cccc2ccccc12. The van der Waals surface area contributed by atoms with Gasteiger partial charge in [-0.1, -0.05) is 42.5 Å². The minimum Gasteiger partial charge on any atom is -0.289 e. The van der Waals surface area contributed by atoms with Crippen molar-refractivity contribution >= 4 is 44.4 Å². The molecule has 2 aromatic carbocycles. The molecule has 1 aliphatic rings. The number of aromatic nitrogens is 2. The molecule has 4 aromatic rings. The summed E-state index contributed by atoms with van der Waals surface area (Å²) in [6.07, 6.45) is 7.26. The van der Waals surface area contributed by atoms with Crippen molar-refractivity contribution in [3.8, 4) is 0 Å².